The van der Waals surface area contributed by atoms with E-state index in [1.165, 1.54) is 33.4 Å². The SMILES string of the molecule is c1ccc(-c2cccc(N(c3ccc4oc5ccccc5c4c3)c3ccccc3-c3ccccc3-c3ccccc3-c3ccccc3)c2)cc1. The van der Waals surface area contributed by atoms with Crippen LogP contribution in [0.1, 0.15) is 0 Å². The van der Waals surface area contributed by atoms with Gasteiger partial charge in [-0.3, -0.25) is 0 Å². The van der Waals surface area contributed by atoms with Crippen LogP contribution < -0.4 is 4.90 Å². The zero-order valence-corrected chi connectivity index (χ0v) is 27.4. The lowest BCUT2D eigenvalue weighted by molar-refractivity contribution is 0.669. The number of nitrogens with zero attached hydrogens (tertiary/aromatic N) is 1. The standard InChI is InChI=1S/C48H33NO/c1-3-16-34(17-4-1)36-20-15-21-37(32-36)49(38-30-31-48-45(33-38)44-27-12-14-29-47(44)50-48)46-28-13-11-26-43(46)42-25-10-9-24-41(42)40-23-8-7-22-39(40)35-18-5-2-6-19-35/h1-33H. The summed E-state index contributed by atoms with van der Waals surface area (Å²) in [6, 6.07) is 71.2. The summed E-state index contributed by atoms with van der Waals surface area (Å²) in [5.74, 6) is 0. The second-order valence-electron chi connectivity index (χ2n) is 12.5. The zero-order valence-electron chi connectivity index (χ0n) is 27.4. The van der Waals surface area contributed by atoms with Crippen molar-refractivity contribution in [2.75, 3.05) is 4.90 Å². The largest absolute Gasteiger partial charge is 0.456 e. The summed E-state index contributed by atoms with van der Waals surface area (Å²) < 4.78 is 6.26. The molecule has 50 heavy (non-hydrogen) atoms. The highest BCUT2D eigenvalue weighted by molar-refractivity contribution is 6.07. The van der Waals surface area contributed by atoms with E-state index in [2.05, 4.69) is 193 Å². The highest BCUT2D eigenvalue weighted by Gasteiger charge is 2.21. The van der Waals surface area contributed by atoms with Crippen LogP contribution in [0.25, 0.3) is 66.4 Å². The van der Waals surface area contributed by atoms with Gasteiger partial charge in [-0.05, 0) is 81.4 Å². The smallest absolute Gasteiger partial charge is 0.135 e. The number of furan rings is 1. The van der Waals surface area contributed by atoms with Crippen LogP contribution in [-0.4, -0.2) is 0 Å². The van der Waals surface area contributed by atoms with Crippen LogP contribution in [0.5, 0.6) is 0 Å². The van der Waals surface area contributed by atoms with Crippen molar-refractivity contribution in [3.8, 4) is 44.5 Å². The van der Waals surface area contributed by atoms with E-state index in [0.29, 0.717) is 0 Å². The summed E-state index contributed by atoms with van der Waals surface area (Å²) in [5.41, 5.74) is 14.5. The van der Waals surface area contributed by atoms with Crippen molar-refractivity contribution in [1.82, 2.24) is 0 Å². The second kappa shape index (κ2) is 12.8. The van der Waals surface area contributed by atoms with E-state index in [9.17, 15) is 0 Å². The van der Waals surface area contributed by atoms with Gasteiger partial charge >= 0.3 is 0 Å². The van der Waals surface area contributed by atoms with Gasteiger partial charge in [-0.2, -0.15) is 0 Å². The minimum absolute atomic E-state index is 0.879. The minimum atomic E-state index is 0.879. The maximum absolute atomic E-state index is 6.26. The lowest BCUT2D eigenvalue weighted by Crippen LogP contribution is -2.11. The molecule has 9 aromatic rings. The summed E-state index contributed by atoms with van der Waals surface area (Å²) in [5, 5.41) is 2.20. The summed E-state index contributed by atoms with van der Waals surface area (Å²) >= 11 is 0. The molecule has 0 bridgehead atoms. The molecule has 9 rings (SSSR count). The fourth-order valence-corrected chi connectivity index (χ4v) is 7.17. The lowest BCUT2D eigenvalue weighted by Gasteiger charge is -2.29. The molecular formula is C48H33NO. The van der Waals surface area contributed by atoms with Crippen LogP contribution >= 0.6 is 0 Å². The Bertz CT molecular complexity index is 2600. The molecule has 0 N–H and O–H groups in total. The van der Waals surface area contributed by atoms with Crippen LogP contribution in [0.3, 0.4) is 0 Å². The first kappa shape index (κ1) is 29.5. The van der Waals surface area contributed by atoms with Gasteiger partial charge in [0.25, 0.3) is 0 Å². The van der Waals surface area contributed by atoms with Crippen LogP contribution in [0.2, 0.25) is 0 Å². The average molecular weight is 640 g/mol. The van der Waals surface area contributed by atoms with Crippen LogP contribution in [0.15, 0.2) is 205 Å². The van der Waals surface area contributed by atoms with Crippen molar-refractivity contribution < 1.29 is 4.42 Å². The molecule has 0 radical (unpaired) electrons. The molecule has 0 spiro atoms. The molecule has 236 valence electrons. The third-order valence-electron chi connectivity index (χ3n) is 9.49. The minimum Gasteiger partial charge on any atom is -0.456 e. The molecule has 0 amide bonds. The monoisotopic (exact) mass is 639 g/mol. The van der Waals surface area contributed by atoms with E-state index in [1.807, 2.05) is 12.1 Å². The number of hydrogen-bond acceptors (Lipinski definition) is 2. The van der Waals surface area contributed by atoms with Crippen molar-refractivity contribution >= 4 is 39.0 Å². The highest BCUT2D eigenvalue weighted by Crippen LogP contribution is 2.46. The van der Waals surface area contributed by atoms with E-state index in [4.69, 9.17) is 4.42 Å². The number of hydrogen-bond donors (Lipinski definition) is 0. The highest BCUT2D eigenvalue weighted by atomic mass is 16.3. The van der Waals surface area contributed by atoms with Gasteiger partial charge in [-0.25, -0.2) is 0 Å². The van der Waals surface area contributed by atoms with Crippen LogP contribution in [0.4, 0.5) is 17.1 Å². The summed E-state index contributed by atoms with van der Waals surface area (Å²) in [4.78, 5) is 2.39. The number of rotatable bonds is 7. The molecule has 0 aliphatic carbocycles. The predicted molar refractivity (Wildman–Crippen MR) is 210 cm³/mol. The third kappa shape index (κ3) is 5.34. The van der Waals surface area contributed by atoms with Gasteiger partial charge in [0, 0.05) is 27.7 Å². The average Bonchev–Trinajstić information content (AvgIpc) is 3.57. The van der Waals surface area contributed by atoms with Gasteiger partial charge in [0.05, 0.1) is 5.69 Å². The fraction of sp³-hybridized carbons (Fsp3) is 0. The molecular weight excluding hydrogens is 607 g/mol. The van der Waals surface area contributed by atoms with Gasteiger partial charge in [-0.1, -0.05) is 158 Å². The number of para-hydroxylation sites is 2. The fourth-order valence-electron chi connectivity index (χ4n) is 7.17. The Labute approximate surface area is 292 Å². The molecule has 2 nitrogen and oxygen atoms in total. The maximum atomic E-state index is 6.26. The van der Waals surface area contributed by atoms with E-state index < -0.39 is 0 Å². The summed E-state index contributed by atoms with van der Waals surface area (Å²) in [6.07, 6.45) is 0. The second-order valence-corrected chi connectivity index (χ2v) is 12.5. The Balaban J connectivity index is 1.27. The summed E-state index contributed by atoms with van der Waals surface area (Å²) in [6.45, 7) is 0. The Morgan fingerprint density at radius 1 is 0.300 bits per heavy atom. The molecule has 2 heteroatoms. The molecule has 0 saturated carbocycles. The number of anilines is 3. The molecule has 1 aromatic heterocycles. The molecule has 0 unspecified atom stereocenters. The van der Waals surface area contributed by atoms with E-state index in [1.54, 1.807) is 0 Å². The molecule has 0 fully saturated rings. The zero-order chi connectivity index (χ0) is 33.3. The third-order valence-corrected chi connectivity index (χ3v) is 9.49. The molecule has 0 aliphatic rings. The van der Waals surface area contributed by atoms with E-state index in [0.717, 1.165) is 50.1 Å². The number of fused-ring (bicyclic) bond motifs is 3. The number of benzene rings is 8. The Hall–Kier alpha value is -6.64. The van der Waals surface area contributed by atoms with Gasteiger partial charge in [-0.15, -0.1) is 0 Å². The van der Waals surface area contributed by atoms with E-state index in [-0.39, 0.29) is 0 Å². The molecule has 0 aliphatic heterocycles. The van der Waals surface area contributed by atoms with Crippen molar-refractivity contribution in [2.45, 2.75) is 0 Å². The summed E-state index contributed by atoms with van der Waals surface area (Å²) in [7, 11) is 0. The van der Waals surface area contributed by atoms with E-state index >= 15 is 0 Å². The lowest BCUT2D eigenvalue weighted by atomic mass is 9.88. The van der Waals surface area contributed by atoms with Crippen LogP contribution in [0, 0.1) is 0 Å². The first-order valence-corrected chi connectivity index (χ1v) is 17.0. The Kier molecular flexibility index (Phi) is 7.53. The first-order valence-electron chi connectivity index (χ1n) is 17.0. The topological polar surface area (TPSA) is 16.4 Å². The first-order chi connectivity index (χ1) is 24.8. The molecule has 8 aromatic carbocycles. The van der Waals surface area contributed by atoms with Gasteiger partial charge in [0.2, 0.25) is 0 Å². The van der Waals surface area contributed by atoms with Crippen molar-refractivity contribution in [1.29, 1.82) is 0 Å². The Morgan fingerprint density at radius 2 is 0.820 bits per heavy atom. The normalized spacial score (nSPS) is 11.2. The quantitative estimate of drug-likeness (QED) is 0.173. The Morgan fingerprint density at radius 3 is 1.58 bits per heavy atom. The van der Waals surface area contributed by atoms with Gasteiger partial charge in [0.15, 0.2) is 0 Å². The van der Waals surface area contributed by atoms with Gasteiger partial charge < -0.3 is 9.32 Å². The van der Waals surface area contributed by atoms with Crippen molar-refractivity contribution in [3.63, 3.8) is 0 Å². The van der Waals surface area contributed by atoms with Crippen molar-refractivity contribution in [2.24, 2.45) is 0 Å². The van der Waals surface area contributed by atoms with Gasteiger partial charge in [0.1, 0.15) is 11.2 Å². The predicted octanol–water partition coefficient (Wildman–Crippen LogP) is 13.7. The van der Waals surface area contributed by atoms with Crippen molar-refractivity contribution in [3.05, 3.63) is 200 Å². The molecule has 0 atom stereocenters. The molecule has 0 saturated heterocycles. The molecule has 1 heterocycles. The van der Waals surface area contributed by atoms with Crippen LogP contribution in [-0.2, 0) is 0 Å². The maximum Gasteiger partial charge on any atom is 0.135 e.